The van der Waals surface area contributed by atoms with E-state index in [1.165, 1.54) is 17.9 Å². The van der Waals surface area contributed by atoms with Crippen LogP contribution in [0.5, 0.6) is 0 Å². The summed E-state index contributed by atoms with van der Waals surface area (Å²) in [5.74, 6) is -1.22. The van der Waals surface area contributed by atoms with E-state index in [-0.39, 0.29) is 18.8 Å². The minimum absolute atomic E-state index is 0.0610. The summed E-state index contributed by atoms with van der Waals surface area (Å²) in [6, 6.07) is 4.43. The zero-order valence-corrected chi connectivity index (χ0v) is 27.9. The van der Waals surface area contributed by atoms with Gasteiger partial charge in [-0.25, -0.2) is 28.0 Å². The molecule has 1 saturated heterocycles. The number of carbonyl (C=O) groups is 3. The minimum atomic E-state index is -4.23. The third kappa shape index (κ3) is 8.81. The molecule has 45 heavy (non-hydrogen) atoms. The summed E-state index contributed by atoms with van der Waals surface area (Å²) < 4.78 is 57.4. The van der Waals surface area contributed by atoms with Gasteiger partial charge in [0.15, 0.2) is 0 Å². The van der Waals surface area contributed by atoms with Crippen LogP contribution in [-0.2, 0) is 52.5 Å². The average Bonchev–Trinajstić information content (AvgIpc) is 3.51. The Hall–Kier alpha value is -3.52. The molecular weight excluding hydrogens is 612 g/mol. The highest BCUT2D eigenvalue weighted by Crippen LogP contribution is 2.56. The molecule has 0 N–H and O–H groups in total. The number of carbonyl (C=O) groups excluding carboxylic acids is 3. The average molecular weight is 654 g/mol. The first-order chi connectivity index (χ1) is 20.7. The van der Waals surface area contributed by atoms with Gasteiger partial charge in [0.05, 0.1) is 47.9 Å². The van der Waals surface area contributed by atoms with Crippen molar-refractivity contribution in [3.05, 3.63) is 41.5 Å². The van der Waals surface area contributed by atoms with Crippen molar-refractivity contribution in [3.63, 3.8) is 0 Å². The van der Waals surface area contributed by atoms with Crippen LogP contribution in [-0.4, -0.2) is 69.5 Å². The predicted octanol–water partition coefficient (Wildman–Crippen LogP) is 5.49. The van der Waals surface area contributed by atoms with Gasteiger partial charge in [-0.15, -0.1) is 0 Å². The van der Waals surface area contributed by atoms with Gasteiger partial charge in [0.25, 0.3) is 0 Å². The number of fused-ring (bicyclic) bond motifs is 1. The van der Waals surface area contributed by atoms with Crippen LogP contribution in [0, 0.1) is 5.82 Å². The van der Waals surface area contributed by atoms with Crippen LogP contribution in [0.15, 0.2) is 24.4 Å². The van der Waals surface area contributed by atoms with Gasteiger partial charge in [-0.1, -0.05) is 0 Å². The zero-order chi connectivity index (χ0) is 33.5. The van der Waals surface area contributed by atoms with Crippen LogP contribution in [0.1, 0.15) is 66.6 Å². The van der Waals surface area contributed by atoms with Crippen molar-refractivity contribution in [1.82, 2.24) is 14.7 Å². The van der Waals surface area contributed by atoms with Gasteiger partial charge in [0, 0.05) is 32.3 Å². The second-order valence-electron chi connectivity index (χ2n) is 12.9. The maximum absolute atomic E-state index is 15.2. The standard InChI is InChI=1S/C29H41FN5O9P/c1-18(36)34(26(37)40-19(2)42-45(39,43-28(3,4)5)44-29(6,7)8)15-22-16-35(27(38)41-22)21-10-11-25(23(30)12-21)33-14-20-13-32(9)31-24(20)17-33/h10-13,19,22H,14-17H2,1-9H3. The molecule has 0 saturated carbocycles. The number of phosphoric ester groups is 1. The van der Waals surface area contributed by atoms with Gasteiger partial charge in [0.1, 0.15) is 11.9 Å². The highest BCUT2D eigenvalue weighted by molar-refractivity contribution is 7.48. The number of hydrogen-bond donors (Lipinski definition) is 0. The van der Waals surface area contributed by atoms with Crippen molar-refractivity contribution in [2.24, 2.45) is 7.05 Å². The van der Waals surface area contributed by atoms with Gasteiger partial charge >= 0.3 is 20.0 Å². The number of hydrogen-bond acceptors (Lipinski definition) is 11. The van der Waals surface area contributed by atoms with Gasteiger partial charge in [0.2, 0.25) is 12.2 Å². The second-order valence-corrected chi connectivity index (χ2v) is 14.4. The van der Waals surface area contributed by atoms with Gasteiger partial charge in [-0.2, -0.15) is 5.10 Å². The molecule has 3 amide bonds. The summed E-state index contributed by atoms with van der Waals surface area (Å²) >= 11 is 0. The molecule has 14 nitrogen and oxygen atoms in total. The molecule has 248 valence electrons. The highest BCUT2D eigenvalue weighted by atomic mass is 31.2. The van der Waals surface area contributed by atoms with Crippen LogP contribution in [0.2, 0.25) is 0 Å². The van der Waals surface area contributed by atoms with Crippen molar-refractivity contribution < 1.29 is 46.4 Å². The van der Waals surface area contributed by atoms with E-state index in [1.807, 2.05) is 18.1 Å². The lowest BCUT2D eigenvalue weighted by Crippen LogP contribution is -2.43. The molecule has 2 aliphatic rings. The molecule has 0 aliphatic carbocycles. The Bertz CT molecular complexity index is 1460. The molecule has 2 aromatic rings. The number of anilines is 2. The van der Waals surface area contributed by atoms with Gasteiger partial charge < -0.3 is 14.4 Å². The summed E-state index contributed by atoms with van der Waals surface area (Å²) in [6.45, 7) is 12.9. The predicted molar refractivity (Wildman–Crippen MR) is 161 cm³/mol. The fourth-order valence-corrected chi connectivity index (χ4v) is 6.76. The Balaban J connectivity index is 1.38. The molecule has 3 heterocycles. The SMILES string of the molecule is CC(=O)N(CC1CN(c2ccc(N3Cc4cn(C)nc4C3)c(F)c2)C(=O)O1)C(=O)OC(C)OP(=O)(OC(C)(C)C)OC(C)(C)C. The van der Waals surface area contributed by atoms with E-state index in [1.54, 1.807) is 58.4 Å². The van der Waals surface area contributed by atoms with Crippen LogP contribution < -0.4 is 9.80 Å². The van der Waals surface area contributed by atoms with Crippen molar-refractivity contribution in [1.29, 1.82) is 0 Å². The van der Waals surface area contributed by atoms with E-state index in [2.05, 4.69) is 5.10 Å². The lowest BCUT2D eigenvalue weighted by Gasteiger charge is -2.32. The number of halogens is 1. The third-order valence-corrected chi connectivity index (χ3v) is 8.55. The van der Waals surface area contributed by atoms with Crippen molar-refractivity contribution in [2.75, 3.05) is 22.9 Å². The number of rotatable bonds is 9. The second kappa shape index (κ2) is 12.7. The molecule has 0 spiro atoms. The molecule has 0 radical (unpaired) electrons. The van der Waals surface area contributed by atoms with Crippen LogP contribution in [0.25, 0.3) is 0 Å². The lowest BCUT2D eigenvalue weighted by molar-refractivity contribution is -0.130. The molecule has 4 rings (SSSR count). The molecular formula is C29H41FN5O9P. The van der Waals surface area contributed by atoms with E-state index in [9.17, 15) is 18.9 Å². The Kier molecular flexibility index (Phi) is 9.70. The Morgan fingerprint density at radius 2 is 1.80 bits per heavy atom. The van der Waals surface area contributed by atoms with Gasteiger partial charge in [-0.3, -0.25) is 23.4 Å². The van der Waals surface area contributed by atoms with E-state index in [4.69, 9.17) is 23.0 Å². The topological polar surface area (TPSA) is 142 Å². The largest absolute Gasteiger partial charge is 0.478 e. The van der Waals surface area contributed by atoms with Crippen molar-refractivity contribution >= 4 is 37.3 Å². The minimum Gasteiger partial charge on any atom is -0.442 e. The fraction of sp³-hybridized carbons (Fsp3) is 0.586. The molecule has 0 bridgehead atoms. The molecule has 2 aliphatic heterocycles. The number of imide groups is 1. The fourth-order valence-electron chi connectivity index (χ4n) is 4.89. The number of nitrogens with zero attached hydrogens (tertiary/aromatic N) is 5. The van der Waals surface area contributed by atoms with E-state index >= 15 is 4.39 Å². The zero-order valence-electron chi connectivity index (χ0n) is 27.0. The summed E-state index contributed by atoms with van der Waals surface area (Å²) in [4.78, 5) is 41.9. The Morgan fingerprint density at radius 3 is 2.36 bits per heavy atom. The molecule has 1 fully saturated rings. The van der Waals surface area contributed by atoms with E-state index in [0.717, 1.165) is 23.1 Å². The van der Waals surface area contributed by atoms with Gasteiger partial charge in [-0.05, 0) is 66.7 Å². The van der Waals surface area contributed by atoms with Crippen LogP contribution >= 0.6 is 7.82 Å². The summed E-state index contributed by atoms with van der Waals surface area (Å²) in [5, 5.41) is 4.39. The van der Waals surface area contributed by atoms with E-state index < -0.39 is 55.3 Å². The smallest absolute Gasteiger partial charge is 0.442 e. The van der Waals surface area contributed by atoms with E-state index in [0.29, 0.717) is 18.8 Å². The first-order valence-corrected chi connectivity index (χ1v) is 15.9. The quantitative estimate of drug-likeness (QED) is 0.250. The molecule has 16 heteroatoms. The normalized spacial score (nSPS) is 17.7. The molecule has 1 aromatic carbocycles. The van der Waals surface area contributed by atoms with Crippen molar-refractivity contribution in [3.8, 4) is 0 Å². The number of amides is 3. The number of ether oxygens (including phenoxy) is 2. The first-order valence-electron chi connectivity index (χ1n) is 14.4. The summed E-state index contributed by atoms with van der Waals surface area (Å²) in [5.41, 5.74) is 0.686. The van der Waals surface area contributed by atoms with Crippen LogP contribution in [0.3, 0.4) is 0 Å². The molecule has 1 aromatic heterocycles. The third-order valence-electron chi connectivity index (χ3n) is 6.45. The Labute approximate surface area is 261 Å². The number of aromatic nitrogens is 2. The lowest BCUT2D eigenvalue weighted by atomic mass is 10.2. The van der Waals surface area contributed by atoms with Crippen LogP contribution in [0.4, 0.5) is 25.4 Å². The first kappa shape index (κ1) is 34.4. The number of aryl methyl sites for hydroxylation is 1. The Morgan fingerprint density at radius 1 is 1.16 bits per heavy atom. The monoisotopic (exact) mass is 653 g/mol. The number of benzene rings is 1. The summed E-state index contributed by atoms with van der Waals surface area (Å²) in [7, 11) is -2.40. The maximum Gasteiger partial charge on any atom is 0.478 e. The molecule has 2 unspecified atom stereocenters. The maximum atomic E-state index is 15.2. The van der Waals surface area contributed by atoms with Crippen molar-refractivity contribution in [2.45, 2.75) is 92.1 Å². The number of phosphoric acid groups is 1. The molecule has 2 atom stereocenters. The highest BCUT2D eigenvalue weighted by Gasteiger charge is 2.41. The number of cyclic esters (lactones) is 1. The summed E-state index contributed by atoms with van der Waals surface area (Å²) in [6.07, 6.45) is -2.37.